The number of aromatic nitrogens is 3. The molecule has 0 aliphatic rings. The largest absolute Gasteiger partial charge is 0.462 e. The normalized spacial score (nSPS) is 10.6. The van der Waals surface area contributed by atoms with Gasteiger partial charge >= 0.3 is 5.97 Å². The van der Waals surface area contributed by atoms with E-state index in [1.165, 1.54) is 11.8 Å². The van der Waals surface area contributed by atoms with Crippen molar-refractivity contribution >= 4 is 40.0 Å². The van der Waals surface area contributed by atoms with Crippen molar-refractivity contribution in [3.05, 3.63) is 34.4 Å². The van der Waals surface area contributed by atoms with Crippen LogP contribution in [0.25, 0.3) is 11.6 Å². The van der Waals surface area contributed by atoms with Gasteiger partial charge in [-0.3, -0.25) is 9.36 Å². The molecule has 0 atom stereocenters. The summed E-state index contributed by atoms with van der Waals surface area (Å²) in [6.07, 6.45) is 1.56. The lowest BCUT2D eigenvalue weighted by atomic mass is 10.2. The lowest BCUT2D eigenvalue weighted by Gasteiger charge is -2.06. The lowest BCUT2D eigenvalue weighted by molar-refractivity contribution is -0.113. The first-order valence-electron chi connectivity index (χ1n) is 9.10. The van der Waals surface area contributed by atoms with Crippen LogP contribution >= 0.6 is 23.1 Å². The van der Waals surface area contributed by atoms with Crippen LogP contribution in [-0.2, 0) is 16.1 Å². The molecule has 1 N–H and O–H groups in total. The number of amides is 1. The van der Waals surface area contributed by atoms with Gasteiger partial charge in [0.15, 0.2) is 16.7 Å². The summed E-state index contributed by atoms with van der Waals surface area (Å²) in [5.74, 6) is 0.420. The zero-order valence-corrected chi connectivity index (χ0v) is 18.2. The first-order valence-corrected chi connectivity index (χ1v) is 10.9. The first kappa shape index (κ1) is 21.6. The third-order valence-corrected chi connectivity index (χ3v) is 6.23. The first-order chi connectivity index (χ1) is 14.5. The number of anilines is 1. The van der Waals surface area contributed by atoms with Crippen molar-refractivity contribution in [1.82, 2.24) is 14.8 Å². The van der Waals surface area contributed by atoms with E-state index in [9.17, 15) is 14.9 Å². The van der Waals surface area contributed by atoms with Gasteiger partial charge in [0.25, 0.3) is 0 Å². The third kappa shape index (κ3) is 4.39. The molecule has 1 amide bonds. The Bertz CT molecular complexity index is 1100. The molecule has 0 fully saturated rings. The molecular weight excluding hydrogens is 426 g/mol. The minimum atomic E-state index is -0.507. The number of thiophene rings is 1. The van der Waals surface area contributed by atoms with Gasteiger partial charge in [-0.15, -0.1) is 21.5 Å². The number of hydrogen-bond acceptors (Lipinski definition) is 9. The fraction of sp³-hybridized carbons (Fsp3) is 0.316. The summed E-state index contributed by atoms with van der Waals surface area (Å²) in [6, 6.07) is 5.60. The van der Waals surface area contributed by atoms with Crippen LogP contribution in [0.3, 0.4) is 0 Å². The third-order valence-electron chi connectivity index (χ3n) is 4.08. The smallest absolute Gasteiger partial charge is 0.348 e. The molecule has 0 aliphatic heterocycles. The number of carbonyl (C=O) groups excluding carboxylic acids is 2. The van der Waals surface area contributed by atoms with Crippen molar-refractivity contribution in [3.63, 3.8) is 0 Å². The summed E-state index contributed by atoms with van der Waals surface area (Å²) >= 11 is 2.26. The highest BCUT2D eigenvalue weighted by Gasteiger charge is 2.23. The van der Waals surface area contributed by atoms with Crippen LogP contribution in [0.2, 0.25) is 0 Å². The van der Waals surface area contributed by atoms with Crippen molar-refractivity contribution in [2.45, 2.75) is 32.5 Å². The minimum absolute atomic E-state index is 0.0623. The van der Waals surface area contributed by atoms with Crippen LogP contribution in [-0.4, -0.2) is 39.0 Å². The summed E-state index contributed by atoms with van der Waals surface area (Å²) in [6.45, 7) is 6.15. The molecule has 0 radical (unpaired) electrons. The standard InChI is InChI=1S/C19H19N5O4S2/c1-4-24-16(13-7-6-8-28-13)22-23-19(24)29-10-14(25)21-17-12(9-20)11(3)15(30-17)18(26)27-5-2/h6-8H,4-5,10H2,1-3H3,(H,21,25). The van der Waals surface area contributed by atoms with Gasteiger partial charge < -0.3 is 14.5 Å². The van der Waals surface area contributed by atoms with E-state index in [2.05, 4.69) is 15.5 Å². The maximum atomic E-state index is 12.5. The van der Waals surface area contributed by atoms with Crippen LogP contribution in [0, 0.1) is 18.3 Å². The summed E-state index contributed by atoms with van der Waals surface area (Å²) in [5.41, 5.74) is 0.760. The van der Waals surface area contributed by atoms with Gasteiger partial charge in [0, 0.05) is 6.54 Å². The highest BCUT2D eigenvalue weighted by atomic mass is 32.2. The van der Waals surface area contributed by atoms with Gasteiger partial charge in [0.1, 0.15) is 15.9 Å². The molecule has 0 saturated heterocycles. The molecule has 0 bridgehead atoms. The van der Waals surface area contributed by atoms with E-state index in [4.69, 9.17) is 9.15 Å². The summed E-state index contributed by atoms with van der Waals surface area (Å²) in [7, 11) is 0. The molecular formula is C19H19N5O4S2. The topological polar surface area (TPSA) is 123 Å². The van der Waals surface area contributed by atoms with Crippen molar-refractivity contribution < 1.29 is 18.7 Å². The Kier molecular flexibility index (Phi) is 6.91. The Balaban J connectivity index is 1.71. The number of carbonyl (C=O) groups is 2. The minimum Gasteiger partial charge on any atom is -0.462 e. The number of nitrogens with one attached hydrogen (secondary N) is 1. The van der Waals surface area contributed by atoms with E-state index in [0.29, 0.717) is 38.7 Å². The molecule has 11 heteroatoms. The van der Waals surface area contributed by atoms with Crippen LogP contribution in [0.1, 0.15) is 34.6 Å². The van der Waals surface area contributed by atoms with Gasteiger partial charge in [-0.1, -0.05) is 11.8 Å². The zero-order valence-electron chi connectivity index (χ0n) is 16.6. The molecule has 0 spiro atoms. The second-order valence-electron chi connectivity index (χ2n) is 5.96. The van der Waals surface area contributed by atoms with E-state index in [0.717, 1.165) is 11.3 Å². The Hall–Kier alpha value is -3.10. The Labute approximate surface area is 181 Å². The summed E-state index contributed by atoms with van der Waals surface area (Å²) < 4.78 is 12.2. The Morgan fingerprint density at radius 3 is 2.83 bits per heavy atom. The van der Waals surface area contributed by atoms with E-state index in [1.54, 1.807) is 32.2 Å². The predicted molar refractivity (Wildman–Crippen MR) is 112 cm³/mol. The summed E-state index contributed by atoms with van der Waals surface area (Å²) in [5, 5.41) is 21.3. The van der Waals surface area contributed by atoms with Crippen LogP contribution in [0.4, 0.5) is 5.00 Å². The second kappa shape index (κ2) is 9.60. The fourth-order valence-electron chi connectivity index (χ4n) is 2.69. The molecule has 0 aromatic carbocycles. The zero-order chi connectivity index (χ0) is 21.7. The van der Waals surface area contributed by atoms with Crippen LogP contribution in [0.5, 0.6) is 0 Å². The van der Waals surface area contributed by atoms with Crippen molar-refractivity contribution in [3.8, 4) is 17.7 Å². The quantitative estimate of drug-likeness (QED) is 0.411. The monoisotopic (exact) mass is 445 g/mol. The van der Waals surface area contributed by atoms with E-state index >= 15 is 0 Å². The number of rotatable bonds is 8. The highest BCUT2D eigenvalue weighted by molar-refractivity contribution is 7.99. The summed E-state index contributed by atoms with van der Waals surface area (Å²) in [4.78, 5) is 24.8. The molecule has 3 heterocycles. The average Bonchev–Trinajstić information content (AvgIpc) is 3.45. The number of hydrogen-bond donors (Lipinski definition) is 1. The van der Waals surface area contributed by atoms with Gasteiger partial charge in [-0.2, -0.15) is 5.26 Å². The highest BCUT2D eigenvalue weighted by Crippen LogP contribution is 2.33. The number of ether oxygens (including phenoxy) is 1. The van der Waals surface area contributed by atoms with Crippen molar-refractivity contribution in [1.29, 1.82) is 5.26 Å². The van der Waals surface area contributed by atoms with Gasteiger partial charge in [0.05, 0.1) is 24.2 Å². The van der Waals surface area contributed by atoms with Crippen molar-refractivity contribution in [2.75, 3.05) is 17.7 Å². The lowest BCUT2D eigenvalue weighted by Crippen LogP contribution is -2.14. The van der Waals surface area contributed by atoms with Gasteiger partial charge in [-0.05, 0) is 38.5 Å². The molecule has 3 aromatic heterocycles. The average molecular weight is 446 g/mol. The molecule has 0 unspecified atom stereocenters. The second-order valence-corrected chi connectivity index (χ2v) is 7.92. The molecule has 0 aliphatic carbocycles. The van der Waals surface area contributed by atoms with E-state index in [-0.39, 0.29) is 23.8 Å². The Morgan fingerprint density at radius 1 is 1.40 bits per heavy atom. The van der Waals surface area contributed by atoms with Crippen molar-refractivity contribution in [2.24, 2.45) is 0 Å². The predicted octanol–water partition coefficient (Wildman–Crippen LogP) is 3.71. The fourth-order valence-corrected chi connectivity index (χ4v) is 4.56. The van der Waals surface area contributed by atoms with Gasteiger partial charge in [0.2, 0.25) is 5.91 Å². The van der Waals surface area contributed by atoms with E-state index in [1.807, 2.05) is 17.6 Å². The molecule has 9 nitrogen and oxygen atoms in total. The Morgan fingerprint density at radius 2 is 2.20 bits per heavy atom. The molecule has 3 rings (SSSR count). The SMILES string of the molecule is CCOC(=O)c1sc(NC(=O)CSc2nnc(-c3ccco3)n2CC)c(C#N)c1C. The maximum absolute atomic E-state index is 12.5. The van der Waals surface area contributed by atoms with Crippen LogP contribution < -0.4 is 5.32 Å². The number of nitriles is 1. The molecule has 156 valence electrons. The molecule has 30 heavy (non-hydrogen) atoms. The number of nitrogens with zero attached hydrogens (tertiary/aromatic N) is 4. The number of furan rings is 1. The maximum Gasteiger partial charge on any atom is 0.348 e. The van der Waals surface area contributed by atoms with Crippen LogP contribution in [0.15, 0.2) is 28.0 Å². The number of esters is 1. The number of thioether (sulfide) groups is 1. The van der Waals surface area contributed by atoms with E-state index < -0.39 is 5.97 Å². The molecule has 0 saturated carbocycles. The van der Waals surface area contributed by atoms with Gasteiger partial charge in [-0.25, -0.2) is 4.79 Å². The molecule has 3 aromatic rings.